The van der Waals surface area contributed by atoms with E-state index in [9.17, 15) is 9.59 Å². The number of likely N-dealkylation sites (tertiary alicyclic amines) is 1. The maximum absolute atomic E-state index is 11.7. The largest absolute Gasteiger partial charge is 0.359 e. The second-order valence-electron chi connectivity index (χ2n) is 5.68. The molecule has 0 aromatic carbocycles. The molecular formula is C19H32N2O2. The lowest BCUT2D eigenvalue weighted by atomic mass is 9.73. The average molecular weight is 320 g/mol. The molecule has 1 aliphatic rings. The number of allylic oxidation sites excluding steroid dienone is 2. The highest BCUT2D eigenvalue weighted by Crippen LogP contribution is 2.37. The minimum Gasteiger partial charge on any atom is -0.359 e. The lowest BCUT2D eigenvalue weighted by molar-refractivity contribution is -0.124. The average Bonchev–Trinajstić information content (AvgIpc) is 2.58. The zero-order chi connectivity index (χ0) is 17.7. The summed E-state index contributed by atoms with van der Waals surface area (Å²) >= 11 is 0. The van der Waals surface area contributed by atoms with Crippen LogP contribution in [0.25, 0.3) is 0 Å². The van der Waals surface area contributed by atoms with Gasteiger partial charge in [0.05, 0.1) is 0 Å². The molecule has 0 aromatic heterocycles. The summed E-state index contributed by atoms with van der Waals surface area (Å²) in [6.07, 6.45) is 9.17. The van der Waals surface area contributed by atoms with Crippen molar-refractivity contribution in [2.45, 2.75) is 39.5 Å². The third-order valence-electron chi connectivity index (χ3n) is 4.25. The van der Waals surface area contributed by atoms with E-state index in [1.165, 1.54) is 0 Å². The van der Waals surface area contributed by atoms with Crippen molar-refractivity contribution in [3.63, 3.8) is 0 Å². The van der Waals surface area contributed by atoms with E-state index in [1.807, 2.05) is 26.0 Å². The SMILES string of the molecule is C=C/C=C(\C=C)CN1CCC(CC=O)(CC(=O)NC)CC1.CC. The number of nitrogens with one attached hydrogen (secondary N) is 1. The van der Waals surface area contributed by atoms with Crippen molar-refractivity contribution >= 4 is 12.2 Å². The van der Waals surface area contributed by atoms with Gasteiger partial charge in [0.25, 0.3) is 0 Å². The number of amides is 1. The van der Waals surface area contributed by atoms with E-state index in [4.69, 9.17) is 0 Å². The minimum atomic E-state index is -0.172. The molecule has 0 unspecified atom stereocenters. The first kappa shape index (κ1) is 21.3. The quantitative estimate of drug-likeness (QED) is 0.552. The van der Waals surface area contributed by atoms with E-state index >= 15 is 0 Å². The van der Waals surface area contributed by atoms with Gasteiger partial charge in [-0.2, -0.15) is 0 Å². The summed E-state index contributed by atoms with van der Waals surface area (Å²) in [6.45, 7) is 14.1. The van der Waals surface area contributed by atoms with E-state index in [0.717, 1.165) is 44.3 Å². The van der Waals surface area contributed by atoms with E-state index < -0.39 is 0 Å². The van der Waals surface area contributed by atoms with Gasteiger partial charge in [0.15, 0.2) is 0 Å². The summed E-state index contributed by atoms with van der Waals surface area (Å²) in [5.74, 6) is 0.0173. The molecule has 0 bridgehead atoms. The molecule has 0 spiro atoms. The molecule has 1 aliphatic heterocycles. The van der Waals surface area contributed by atoms with Gasteiger partial charge in [-0.25, -0.2) is 0 Å². The van der Waals surface area contributed by atoms with Crippen molar-refractivity contribution in [1.29, 1.82) is 0 Å². The summed E-state index contributed by atoms with van der Waals surface area (Å²) in [5.41, 5.74) is 0.966. The molecule has 0 aromatic rings. The van der Waals surface area contributed by atoms with Crippen molar-refractivity contribution in [3.8, 4) is 0 Å². The Kier molecular flexibility index (Phi) is 11.0. The fraction of sp³-hybridized carbons (Fsp3) is 0.579. The topological polar surface area (TPSA) is 49.4 Å². The zero-order valence-electron chi connectivity index (χ0n) is 14.9. The Morgan fingerprint density at radius 1 is 1.26 bits per heavy atom. The van der Waals surface area contributed by atoms with Crippen LogP contribution in [0.5, 0.6) is 0 Å². The second-order valence-corrected chi connectivity index (χ2v) is 5.68. The third-order valence-corrected chi connectivity index (χ3v) is 4.25. The Morgan fingerprint density at radius 2 is 1.87 bits per heavy atom. The Morgan fingerprint density at radius 3 is 2.30 bits per heavy atom. The van der Waals surface area contributed by atoms with Gasteiger partial charge in [0, 0.05) is 26.4 Å². The van der Waals surface area contributed by atoms with E-state index in [0.29, 0.717) is 12.8 Å². The van der Waals surface area contributed by atoms with E-state index in [2.05, 4.69) is 23.4 Å². The molecule has 130 valence electrons. The maximum atomic E-state index is 11.7. The highest BCUT2D eigenvalue weighted by molar-refractivity contribution is 5.76. The molecule has 1 amide bonds. The van der Waals surface area contributed by atoms with Gasteiger partial charge in [-0.05, 0) is 36.9 Å². The minimum absolute atomic E-state index is 0.0173. The van der Waals surface area contributed by atoms with Crippen LogP contribution >= 0.6 is 0 Å². The first-order valence-corrected chi connectivity index (χ1v) is 8.40. The molecule has 1 saturated heterocycles. The number of carbonyl (C=O) groups is 2. The number of hydrogen-bond donors (Lipinski definition) is 1. The summed E-state index contributed by atoms with van der Waals surface area (Å²) in [7, 11) is 1.64. The Bertz CT molecular complexity index is 419. The summed E-state index contributed by atoms with van der Waals surface area (Å²) in [5, 5.41) is 2.66. The molecule has 0 aliphatic carbocycles. The van der Waals surface area contributed by atoms with Crippen LogP contribution < -0.4 is 5.32 Å². The fourth-order valence-corrected chi connectivity index (χ4v) is 2.84. The van der Waals surface area contributed by atoms with Crippen LogP contribution in [0.1, 0.15) is 39.5 Å². The predicted molar refractivity (Wildman–Crippen MR) is 97.3 cm³/mol. The molecule has 1 N–H and O–H groups in total. The van der Waals surface area contributed by atoms with Gasteiger partial charge in [-0.3, -0.25) is 9.69 Å². The number of carbonyl (C=O) groups excluding carboxylic acids is 2. The van der Waals surface area contributed by atoms with E-state index in [1.54, 1.807) is 13.1 Å². The predicted octanol–water partition coefficient (Wildman–Crippen LogP) is 3.12. The normalized spacial score (nSPS) is 17.4. The van der Waals surface area contributed by atoms with Crippen molar-refractivity contribution in [2.75, 3.05) is 26.7 Å². The maximum Gasteiger partial charge on any atom is 0.220 e. The molecule has 1 heterocycles. The van der Waals surface area contributed by atoms with Crippen LogP contribution in [-0.2, 0) is 9.59 Å². The van der Waals surface area contributed by atoms with E-state index in [-0.39, 0.29) is 11.3 Å². The Hall–Kier alpha value is -1.68. The highest BCUT2D eigenvalue weighted by Gasteiger charge is 2.35. The third kappa shape index (κ3) is 7.42. The van der Waals surface area contributed by atoms with Gasteiger partial charge >= 0.3 is 0 Å². The zero-order valence-corrected chi connectivity index (χ0v) is 14.9. The van der Waals surface area contributed by atoms with Crippen LogP contribution in [-0.4, -0.2) is 43.8 Å². The molecule has 1 rings (SSSR count). The molecule has 4 heteroatoms. The van der Waals surface area contributed by atoms with Crippen molar-refractivity contribution < 1.29 is 9.59 Å². The number of rotatable bonds is 8. The van der Waals surface area contributed by atoms with Crippen LogP contribution in [0.2, 0.25) is 0 Å². The van der Waals surface area contributed by atoms with Crippen LogP contribution in [0, 0.1) is 5.41 Å². The second kappa shape index (κ2) is 11.8. The molecule has 0 atom stereocenters. The summed E-state index contributed by atoms with van der Waals surface area (Å²) in [6, 6.07) is 0. The molecule has 23 heavy (non-hydrogen) atoms. The van der Waals surface area contributed by atoms with Gasteiger partial charge < -0.3 is 10.1 Å². The summed E-state index contributed by atoms with van der Waals surface area (Å²) in [4.78, 5) is 25.0. The van der Waals surface area contributed by atoms with Gasteiger partial charge in [0.2, 0.25) is 5.91 Å². The number of piperidine rings is 1. The number of aldehydes is 1. The lowest BCUT2D eigenvalue weighted by Crippen LogP contribution is -2.43. The molecule has 4 nitrogen and oxygen atoms in total. The summed E-state index contributed by atoms with van der Waals surface area (Å²) < 4.78 is 0. The molecule has 1 fully saturated rings. The van der Waals surface area contributed by atoms with Crippen molar-refractivity contribution in [2.24, 2.45) is 5.41 Å². The standard InChI is InChI=1S/C17H26N2O2.C2H6/c1-4-6-15(5-2)14-19-10-7-17(8-11-19,9-12-20)13-16(21)18-3;1-2/h4-6,12H,1-2,7-11,13-14H2,3H3,(H,18,21);1-2H3/b15-6+;. The Balaban J connectivity index is 0.00000232. The number of nitrogens with zero attached hydrogens (tertiary/aromatic N) is 1. The van der Waals surface area contributed by atoms with Crippen molar-refractivity contribution in [1.82, 2.24) is 10.2 Å². The van der Waals surface area contributed by atoms with Crippen LogP contribution in [0.3, 0.4) is 0 Å². The smallest absolute Gasteiger partial charge is 0.220 e. The first-order chi connectivity index (χ1) is 11.1. The fourth-order valence-electron chi connectivity index (χ4n) is 2.84. The van der Waals surface area contributed by atoms with Gasteiger partial charge in [0.1, 0.15) is 6.29 Å². The number of hydrogen-bond acceptors (Lipinski definition) is 3. The first-order valence-electron chi connectivity index (χ1n) is 8.40. The van der Waals surface area contributed by atoms with Gasteiger partial charge in [-0.15, -0.1) is 0 Å². The Labute approximate surface area is 141 Å². The highest BCUT2D eigenvalue weighted by atomic mass is 16.1. The molecule has 0 saturated carbocycles. The molecular weight excluding hydrogens is 288 g/mol. The van der Waals surface area contributed by atoms with Crippen LogP contribution in [0.4, 0.5) is 0 Å². The van der Waals surface area contributed by atoms with Gasteiger partial charge in [-0.1, -0.05) is 45.2 Å². The lowest BCUT2D eigenvalue weighted by Gasteiger charge is -2.40. The monoisotopic (exact) mass is 320 g/mol. The molecule has 0 radical (unpaired) electrons. The van der Waals surface area contributed by atoms with Crippen molar-refractivity contribution in [3.05, 3.63) is 37.0 Å². The van der Waals surface area contributed by atoms with Crippen LogP contribution in [0.15, 0.2) is 37.0 Å².